The number of sulfonamides is 1. The molecule has 0 unspecified atom stereocenters. The molecule has 3 aromatic carbocycles. The highest BCUT2D eigenvalue weighted by molar-refractivity contribution is 7.92. The second-order valence-electron chi connectivity index (χ2n) is 6.25. The summed E-state index contributed by atoms with van der Waals surface area (Å²) < 4.78 is 40.2. The number of hydrogen-bond donors (Lipinski definition) is 1. The Balaban J connectivity index is 1.69. The Morgan fingerprint density at radius 1 is 0.893 bits per heavy atom. The summed E-state index contributed by atoms with van der Waals surface area (Å²) in [5.41, 5.74) is 2.45. The van der Waals surface area contributed by atoms with Gasteiger partial charge in [0.15, 0.2) is 5.78 Å². The molecule has 0 heterocycles. The van der Waals surface area contributed by atoms with E-state index in [4.69, 9.17) is 0 Å². The van der Waals surface area contributed by atoms with Gasteiger partial charge in [0, 0.05) is 11.3 Å². The quantitative estimate of drug-likeness (QED) is 0.480. The lowest BCUT2D eigenvalue weighted by atomic mass is 10.1. The summed E-state index contributed by atoms with van der Waals surface area (Å²) in [5, 5.41) is 0. The van der Waals surface area contributed by atoms with Gasteiger partial charge in [-0.15, -0.1) is 0 Å². The number of rotatable bonds is 6. The predicted octanol–water partition coefficient (Wildman–Crippen LogP) is 4.83. The summed E-state index contributed by atoms with van der Waals surface area (Å²) >= 11 is 0. The third kappa shape index (κ3) is 4.92. The lowest BCUT2D eigenvalue weighted by Crippen LogP contribution is -2.13. The predicted molar refractivity (Wildman–Crippen MR) is 108 cm³/mol. The van der Waals surface area contributed by atoms with Crippen LogP contribution < -0.4 is 4.72 Å². The minimum absolute atomic E-state index is 0.167. The monoisotopic (exact) mass is 395 g/mol. The molecule has 0 aliphatic heterocycles. The number of allylic oxidation sites excluding steroid dienone is 1. The molecule has 6 heteroatoms. The van der Waals surface area contributed by atoms with E-state index in [1.807, 2.05) is 6.92 Å². The average Bonchev–Trinajstić information content (AvgIpc) is 2.68. The smallest absolute Gasteiger partial charge is 0.261 e. The van der Waals surface area contributed by atoms with Crippen LogP contribution in [0.3, 0.4) is 0 Å². The topological polar surface area (TPSA) is 63.2 Å². The summed E-state index contributed by atoms with van der Waals surface area (Å²) in [6, 6.07) is 18.5. The Morgan fingerprint density at radius 3 is 2.11 bits per heavy atom. The molecule has 0 amide bonds. The van der Waals surface area contributed by atoms with Crippen molar-refractivity contribution in [3.05, 3.63) is 101 Å². The van der Waals surface area contributed by atoms with Crippen molar-refractivity contribution in [3.63, 3.8) is 0 Å². The van der Waals surface area contributed by atoms with E-state index in [0.29, 0.717) is 16.8 Å². The molecule has 0 aliphatic carbocycles. The normalized spacial score (nSPS) is 11.5. The van der Waals surface area contributed by atoms with E-state index in [-0.39, 0.29) is 16.5 Å². The number of carbonyl (C=O) groups is 1. The summed E-state index contributed by atoms with van der Waals surface area (Å²) in [5.74, 6) is -0.579. The number of carbonyl (C=O) groups excluding carboxylic acids is 1. The van der Waals surface area contributed by atoms with Crippen molar-refractivity contribution in [2.45, 2.75) is 11.8 Å². The first kappa shape index (κ1) is 19.5. The van der Waals surface area contributed by atoms with Gasteiger partial charge in [-0.05, 0) is 67.1 Å². The van der Waals surface area contributed by atoms with E-state index in [0.717, 1.165) is 5.56 Å². The van der Waals surface area contributed by atoms with Crippen LogP contribution in [0.4, 0.5) is 10.1 Å². The van der Waals surface area contributed by atoms with E-state index in [1.165, 1.54) is 42.5 Å². The second kappa shape index (κ2) is 8.19. The SMILES string of the molecule is Cc1ccc(S(=O)(=O)Nc2ccc(C(=O)/C=C/c3ccc(F)cc3)cc2)cc1. The molecule has 0 bridgehead atoms. The lowest BCUT2D eigenvalue weighted by Gasteiger charge is -2.08. The summed E-state index contributed by atoms with van der Waals surface area (Å²) in [6.45, 7) is 1.88. The Kier molecular flexibility index (Phi) is 5.70. The van der Waals surface area contributed by atoms with Gasteiger partial charge in [0.25, 0.3) is 10.0 Å². The van der Waals surface area contributed by atoms with E-state index < -0.39 is 10.0 Å². The Bertz CT molecular complexity index is 1100. The number of aryl methyl sites for hydroxylation is 1. The highest BCUT2D eigenvalue weighted by atomic mass is 32.2. The first-order chi connectivity index (χ1) is 13.3. The van der Waals surface area contributed by atoms with E-state index in [9.17, 15) is 17.6 Å². The maximum Gasteiger partial charge on any atom is 0.261 e. The van der Waals surface area contributed by atoms with Gasteiger partial charge in [0.05, 0.1) is 4.90 Å². The number of nitrogens with one attached hydrogen (secondary N) is 1. The third-order valence-electron chi connectivity index (χ3n) is 4.05. The largest absolute Gasteiger partial charge is 0.289 e. The fraction of sp³-hybridized carbons (Fsp3) is 0.0455. The third-order valence-corrected chi connectivity index (χ3v) is 5.45. The molecule has 0 radical (unpaired) electrons. The molecule has 3 rings (SSSR count). The van der Waals surface area contributed by atoms with E-state index in [1.54, 1.807) is 42.5 Å². The van der Waals surface area contributed by atoms with Crippen molar-refractivity contribution in [2.75, 3.05) is 4.72 Å². The van der Waals surface area contributed by atoms with Gasteiger partial charge in [-0.3, -0.25) is 9.52 Å². The minimum atomic E-state index is -3.69. The molecule has 0 saturated heterocycles. The van der Waals surface area contributed by atoms with Crippen molar-refractivity contribution in [1.82, 2.24) is 0 Å². The highest BCUT2D eigenvalue weighted by Gasteiger charge is 2.14. The average molecular weight is 395 g/mol. The van der Waals surface area contributed by atoms with Crippen LogP contribution in [0, 0.1) is 12.7 Å². The van der Waals surface area contributed by atoms with Crippen LogP contribution in [0.25, 0.3) is 6.08 Å². The van der Waals surface area contributed by atoms with Crippen LogP contribution in [0.5, 0.6) is 0 Å². The molecule has 1 N–H and O–H groups in total. The fourth-order valence-corrected chi connectivity index (χ4v) is 3.53. The van der Waals surface area contributed by atoms with Crippen molar-refractivity contribution in [1.29, 1.82) is 0 Å². The fourth-order valence-electron chi connectivity index (χ4n) is 2.48. The van der Waals surface area contributed by atoms with Crippen molar-refractivity contribution in [2.24, 2.45) is 0 Å². The standard InChI is InChI=1S/C22H18FNO3S/c1-16-2-13-21(14-3-16)28(26,27)24-20-11-7-18(8-12-20)22(25)15-6-17-4-9-19(23)10-5-17/h2-15,24H,1H3/b15-6+. The van der Waals surface area contributed by atoms with Gasteiger partial charge in [0.2, 0.25) is 0 Å². The second-order valence-corrected chi connectivity index (χ2v) is 7.93. The maximum absolute atomic E-state index is 12.9. The first-order valence-corrected chi connectivity index (χ1v) is 9.99. The van der Waals surface area contributed by atoms with E-state index in [2.05, 4.69) is 4.72 Å². The number of halogens is 1. The zero-order valence-corrected chi connectivity index (χ0v) is 15.9. The van der Waals surface area contributed by atoms with Crippen LogP contribution in [0.1, 0.15) is 21.5 Å². The molecule has 0 fully saturated rings. The molecule has 3 aromatic rings. The summed E-state index contributed by atoms with van der Waals surface area (Å²) in [6.07, 6.45) is 2.98. The number of benzene rings is 3. The Morgan fingerprint density at radius 2 is 1.50 bits per heavy atom. The summed E-state index contributed by atoms with van der Waals surface area (Å²) in [4.78, 5) is 12.4. The first-order valence-electron chi connectivity index (χ1n) is 8.51. The molecule has 0 saturated carbocycles. The number of ketones is 1. The molecule has 0 spiro atoms. The number of hydrogen-bond acceptors (Lipinski definition) is 3. The highest BCUT2D eigenvalue weighted by Crippen LogP contribution is 2.18. The van der Waals surface area contributed by atoms with Crippen molar-refractivity contribution in [3.8, 4) is 0 Å². The van der Waals surface area contributed by atoms with Crippen molar-refractivity contribution >= 4 is 27.6 Å². The van der Waals surface area contributed by atoms with Gasteiger partial charge in [0.1, 0.15) is 5.82 Å². The minimum Gasteiger partial charge on any atom is -0.289 e. The van der Waals surface area contributed by atoms with Crippen LogP contribution in [-0.4, -0.2) is 14.2 Å². The Labute approximate surface area is 163 Å². The van der Waals surface area contributed by atoms with Crippen molar-refractivity contribution < 1.29 is 17.6 Å². The zero-order chi connectivity index (χ0) is 20.1. The molecule has 142 valence electrons. The molecule has 0 aromatic heterocycles. The van der Waals surface area contributed by atoms with Gasteiger partial charge < -0.3 is 0 Å². The molecular formula is C22H18FNO3S. The van der Waals surface area contributed by atoms with Crippen LogP contribution in [0.15, 0.2) is 83.8 Å². The van der Waals surface area contributed by atoms with Crippen LogP contribution >= 0.6 is 0 Å². The molecule has 4 nitrogen and oxygen atoms in total. The van der Waals surface area contributed by atoms with Crippen LogP contribution in [0.2, 0.25) is 0 Å². The van der Waals surface area contributed by atoms with E-state index >= 15 is 0 Å². The van der Waals surface area contributed by atoms with Gasteiger partial charge in [-0.1, -0.05) is 35.9 Å². The lowest BCUT2D eigenvalue weighted by molar-refractivity contribution is 0.104. The number of anilines is 1. The van der Waals surface area contributed by atoms with Gasteiger partial charge >= 0.3 is 0 Å². The molecule has 0 aliphatic rings. The summed E-state index contributed by atoms with van der Waals surface area (Å²) in [7, 11) is -3.69. The molecule has 0 atom stereocenters. The molecular weight excluding hydrogens is 377 g/mol. The van der Waals surface area contributed by atoms with Crippen LogP contribution in [-0.2, 0) is 10.0 Å². The zero-order valence-electron chi connectivity index (χ0n) is 15.1. The maximum atomic E-state index is 12.9. The molecule has 28 heavy (non-hydrogen) atoms. The van der Waals surface area contributed by atoms with Gasteiger partial charge in [-0.2, -0.15) is 0 Å². The van der Waals surface area contributed by atoms with Gasteiger partial charge in [-0.25, -0.2) is 12.8 Å². The Hall–Kier alpha value is -3.25.